The zero-order chi connectivity index (χ0) is 20.4. The minimum Gasteiger partial charge on any atom is -0.395 e. The zero-order valence-corrected chi connectivity index (χ0v) is 18.3. The van der Waals surface area contributed by atoms with Crippen molar-refractivity contribution in [1.82, 2.24) is 10.6 Å². The Bertz CT molecular complexity index is 735. The number of hydrogen-bond acceptors (Lipinski definition) is 5. The molecule has 1 fully saturated rings. The first-order valence-corrected chi connectivity index (χ1v) is 12.0. The molecule has 2 amide bonds. The van der Waals surface area contributed by atoms with E-state index in [4.69, 9.17) is 5.11 Å². The van der Waals surface area contributed by atoms with Crippen LogP contribution in [0.15, 0.2) is 30.3 Å². The van der Waals surface area contributed by atoms with Crippen molar-refractivity contribution >= 4 is 45.0 Å². The van der Waals surface area contributed by atoms with Crippen LogP contribution in [0.1, 0.15) is 56.1 Å². The van der Waals surface area contributed by atoms with E-state index in [1.807, 2.05) is 42.1 Å². The molecule has 1 saturated carbocycles. The topological polar surface area (TPSA) is 78.4 Å². The molecule has 1 aliphatic rings. The van der Waals surface area contributed by atoms with Crippen LogP contribution in [0.4, 0.5) is 0 Å². The highest BCUT2D eigenvalue weighted by Crippen LogP contribution is 2.30. The highest BCUT2D eigenvalue weighted by atomic mass is 32.2. The van der Waals surface area contributed by atoms with Gasteiger partial charge < -0.3 is 15.7 Å². The normalized spacial score (nSPS) is 14.9. The minimum atomic E-state index is -0.860. The Morgan fingerprint density at radius 2 is 1.86 bits per heavy atom. The first kappa shape index (κ1) is 25.5. The maximum atomic E-state index is 12.7. The van der Waals surface area contributed by atoms with E-state index in [2.05, 4.69) is 23.8 Å². The minimum absolute atomic E-state index is 0. The SMILES string of the molecule is C.CCSC.O=C(NC1(C(=O)NCCO)CCCCC1)c1cc2ccccc2s1. The Balaban J connectivity index is 0.000000771. The van der Waals surface area contributed by atoms with Crippen LogP contribution in [0.25, 0.3) is 10.1 Å². The Labute approximate surface area is 182 Å². The average Bonchev–Trinajstić information content (AvgIpc) is 3.17. The van der Waals surface area contributed by atoms with E-state index in [9.17, 15) is 9.59 Å². The van der Waals surface area contributed by atoms with Gasteiger partial charge in [-0.25, -0.2) is 0 Å². The van der Waals surface area contributed by atoms with Crippen LogP contribution in [-0.4, -0.2) is 47.6 Å². The highest BCUT2D eigenvalue weighted by Gasteiger charge is 2.41. The molecule has 0 bridgehead atoms. The lowest BCUT2D eigenvalue weighted by atomic mass is 9.80. The smallest absolute Gasteiger partial charge is 0.262 e. The van der Waals surface area contributed by atoms with E-state index in [1.165, 1.54) is 17.1 Å². The molecule has 1 aliphatic carbocycles. The van der Waals surface area contributed by atoms with Gasteiger partial charge in [-0.1, -0.05) is 51.8 Å². The Kier molecular flexibility index (Phi) is 11.3. The predicted octanol–water partition coefficient (Wildman–Crippen LogP) is 4.45. The van der Waals surface area contributed by atoms with Gasteiger partial charge in [0.2, 0.25) is 5.91 Å². The molecule has 162 valence electrons. The summed E-state index contributed by atoms with van der Waals surface area (Å²) in [5, 5.41) is 15.7. The summed E-state index contributed by atoms with van der Waals surface area (Å²) in [5.74, 6) is 0.850. The largest absolute Gasteiger partial charge is 0.395 e. The van der Waals surface area contributed by atoms with Gasteiger partial charge in [-0.2, -0.15) is 11.8 Å². The molecule has 1 aromatic carbocycles. The van der Waals surface area contributed by atoms with Crippen molar-refractivity contribution in [2.75, 3.05) is 25.2 Å². The van der Waals surface area contributed by atoms with Crippen LogP contribution in [0.3, 0.4) is 0 Å². The van der Waals surface area contributed by atoms with E-state index in [0.29, 0.717) is 17.7 Å². The molecular weight excluding hydrogens is 404 g/mol. The zero-order valence-electron chi connectivity index (χ0n) is 16.6. The number of aliphatic hydroxyl groups is 1. The lowest BCUT2D eigenvalue weighted by Crippen LogP contribution is -2.59. The van der Waals surface area contributed by atoms with Crippen LogP contribution in [0, 0.1) is 0 Å². The van der Waals surface area contributed by atoms with Crippen LogP contribution in [0.5, 0.6) is 0 Å². The summed E-state index contributed by atoms with van der Waals surface area (Å²) in [5.41, 5.74) is -0.860. The molecule has 7 heteroatoms. The van der Waals surface area contributed by atoms with Crippen molar-refractivity contribution in [2.24, 2.45) is 0 Å². The summed E-state index contributed by atoms with van der Waals surface area (Å²) in [6.07, 6.45) is 6.29. The monoisotopic (exact) mass is 438 g/mol. The van der Waals surface area contributed by atoms with Crippen molar-refractivity contribution in [3.8, 4) is 0 Å². The summed E-state index contributed by atoms with van der Waals surface area (Å²) in [4.78, 5) is 25.9. The molecular formula is C22H34N2O3S2. The van der Waals surface area contributed by atoms with Crippen LogP contribution in [-0.2, 0) is 4.79 Å². The molecule has 0 radical (unpaired) electrons. The molecule has 0 aliphatic heterocycles. The van der Waals surface area contributed by atoms with E-state index in [-0.39, 0.29) is 32.4 Å². The molecule has 5 nitrogen and oxygen atoms in total. The van der Waals surface area contributed by atoms with Gasteiger partial charge in [0, 0.05) is 11.2 Å². The lowest BCUT2D eigenvalue weighted by molar-refractivity contribution is -0.128. The second-order valence-electron chi connectivity index (χ2n) is 6.80. The van der Waals surface area contributed by atoms with Gasteiger partial charge in [0.15, 0.2) is 0 Å². The molecule has 1 heterocycles. The Hall–Kier alpha value is -1.57. The number of nitrogens with one attached hydrogen (secondary N) is 2. The summed E-state index contributed by atoms with van der Waals surface area (Å²) in [7, 11) is 0. The summed E-state index contributed by atoms with van der Waals surface area (Å²) in [6, 6.07) is 9.73. The van der Waals surface area contributed by atoms with E-state index in [1.54, 1.807) is 0 Å². The summed E-state index contributed by atoms with van der Waals surface area (Å²) < 4.78 is 1.06. The van der Waals surface area contributed by atoms with Gasteiger partial charge in [-0.3, -0.25) is 9.59 Å². The number of carbonyl (C=O) groups excluding carboxylic acids is 2. The molecule has 3 N–H and O–H groups in total. The van der Waals surface area contributed by atoms with Crippen LogP contribution >= 0.6 is 23.1 Å². The van der Waals surface area contributed by atoms with Crippen molar-refractivity contribution in [1.29, 1.82) is 0 Å². The number of thiophene rings is 1. The third-order valence-electron chi connectivity index (χ3n) is 4.83. The van der Waals surface area contributed by atoms with E-state index < -0.39 is 5.54 Å². The Morgan fingerprint density at radius 1 is 1.21 bits per heavy atom. The maximum absolute atomic E-state index is 12.7. The highest BCUT2D eigenvalue weighted by molar-refractivity contribution is 7.98. The van der Waals surface area contributed by atoms with Gasteiger partial charge in [-0.15, -0.1) is 11.3 Å². The number of hydrogen-bond donors (Lipinski definition) is 3. The first-order valence-electron chi connectivity index (χ1n) is 9.75. The molecule has 0 spiro atoms. The molecule has 0 unspecified atom stereocenters. The fourth-order valence-corrected chi connectivity index (χ4v) is 4.23. The van der Waals surface area contributed by atoms with Crippen molar-refractivity contribution in [3.05, 3.63) is 35.2 Å². The van der Waals surface area contributed by atoms with Gasteiger partial charge in [0.05, 0.1) is 11.5 Å². The molecule has 0 atom stereocenters. The lowest BCUT2D eigenvalue weighted by Gasteiger charge is -2.36. The van der Waals surface area contributed by atoms with Gasteiger partial charge in [0.25, 0.3) is 5.91 Å². The van der Waals surface area contributed by atoms with Crippen LogP contribution in [0.2, 0.25) is 0 Å². The molecule has 3 rings (SSSR count). The molecule has 2 aromatic rings. The van der Waals surface area contributed by atoms with Crippen molar-refractivity contribution < 1.29 is 14.7 Å². The molecule has 1 aromatic heterocycles. The summed E-state index contributed by atoms with van der Waals surface area (Å²) >= 11 is 3.29. The summed E-state index contributed by atoms with van der Waals surface area (Å²) in [6.45, 7) is 2.25. The van der Waals surface area contributed by atoms with Crippen LogP contribution < -0.4 is 10.6 Å². The van der Waals surface area contributed by atoms with Gasteiger partial charge in [0.1, 0.15) is 5.54 Å². The van der Waals surface area contributed by atoms with Crippen molar-refractivity contribution in [2.45, 2.75) is 52.0 Å². The third-order valence-corrected chi connectivity index (χ3v) is 6.52. The van der Waals surface area contributed by atoms with E-state index >= 15 is 0 Å². The fourth-order valence-electron chi connectivity index (χ4n) is 3.28. The standard InChI is InChI=1S/C18H22N2O3S.C3H8S.CH4/c21-11-10-19-17(23)18(8-4-1-5-9-18)20-16(22)15-12-13-6-2-3-7-14(13)24-15;1-3-4-2;/h2-3,6-7,12,21H,1,4-5,8-11H2,(H,19,23)(H,20,22);3H2,1-2H3;1H4. The fraction of sp³-hybridized carbons (Fsp3) is 0.545. The number of thioether (sulfide) groups is 1. The maximum Gasteiger partial charge on any atom is 0.262 e. The molecule has 29 heavy (non-hydrogen) atoms. The number of benzene rings is 1. The van der Waals surface area contributed by atoms with E-state index in [0.717, 1.165) is 29.3 Å². The first-order chi connectivity index (χ1) is 13.6. The van der Waals surface area contributed by atoms with Gasteiger partial charge in [-0.05, 0) is 42.4 Å². The average molecular weight is 439 g/mol. The number of aliphatic hydroxyl groups excluding tert-OH is 1. The second-order valence-corrected chi connectivity index (χ2v) is 9.04. The second kappa shape index (κ2) is 12.9. The predicted molar refractivity (Wildman–Crippen MR) is 126 cm³/mol. The quantitative estimate of drug-likeness (QED) is 0.623. The number of rotatable bonds is 6. The number of carbonyl (C=O) groups is 2. The molecule has 0 saturated heterocycles. The number of amides is 2. The number of fused-ring (bicyclic) bond motifs is 1. The van der Waals surface area contributed by atoms with Gasteiger partial charge >= 0.3 is 0 Å². The third kappa shape index (κ3) is 7.01. The Morgan fingerprint density at radius 3 is 2.45 bits per heavy atom. The van der Waals surface area contributed by atoms with Crippen molar-refractivity contribution in [3.63, 3.8) is 0 Å².